The molecule has 0 saturated heterocycles. The maximum absolute atomic E-state index is 11.8. The predicted octanol–water partition coefficient (Wildman–Crippen LogP) is 1.48. The molecule has 1 aliphatic rings. The van der Waals surface area contributed by atoms with Crippen molar-refractivity contribution in [2.75, 3.05) is 6.54 Å². The molecule has 0 bridgehead atoms. The summed E-state index contributed by atoms with van der Waals surface area (Å²) in [5.41, 5.74) is -1.43. The number of hydrogen-bond acceptors (Lipinski definition) is 3. The Labute approximate surface area is 119 Å². The molecule has 1 fully saturated rings. The lowest BCUT2D eigenvalue weighted by Gasteiger charge is -2.29. The average molecular weight is 286 g/mol. The van der Waals surface area contributed by atoms with E-state index in [4.69, 9.17) is 5.11 Å². The monoisotopic (exact) mass is 286 g/mol. The number of urea groups is 1. The van der Waals surface area contributed by atoms with E-state index >= 15 is 0 Å². The van der Waals surface area contributed by atoms with Gasteiger partial charge in [-0.2, -0.15) is 0 Å². The van der Waals surface area contributed by atoms with Gasteiger partial charge in [0.2, 0.25) is 0 Å². The molecular weight excluding hydrogens is 260 g/mol. The molecule has 4 N–H and O–H groups in total. The van der Waals surface area contributed by atoms with E-state index in [0.29, 0.717) is 5.92 Å². The van der Waals surface area contributed by atoms with Crippen LogP contribution in [0.3, 0.4) is 0 Å². The standard InChI is InChI=1S/C14H26N2O4/c1-3-10-5-4-6-11(7-10)16-13(19)15-9-14(2,20)8-12(17)18/h10-11,20H,3-9H2,1-2H3,(H,17,18)(H2,15,16,19). The van der Waals surface area contributed by atoms with Crippen molar-refractivity contribution in [3.05, 3.63) is 0 Å². The molecule has 3 atom stereocenters. The third-order valence-corrected chi connectivity index (χ3v) is 3.86. The highest BCUT2D eigenvalue weighted by atomic mass is 16.4. The van der Waals surface area contributed by atoms with Crippen molar-refractivity contribution in [1.82, 2.24) is 10.6 Å². The van der Waals surface area contributed by atoms with Gasteiger partial charge in [-0.05, 0) is 25.7 Å². The molecule has 1 saturated carbocycles. The second-order valence-electron chi connectivity index (χ2n) is 6.03. The van der Waals surface area contributed by atoms with Crippen LogP contribution in [0.5, 0.6) is 0 Å². The van der Waals surface area contributed by atoms with Gasteiger partial charge in [0, 0.05) is 12.6 Å². The van der Waals surface area contributed by atoms with Crippen molar-refractivity contribution in [3.8, 4) is 0 Å². The van der Waals surface area contributed by atoms with Crippen LogP contribution in [0.25, 0.3) is 0 Å². The van der Waals surface area contributed by atoms with E-state index in [9.17, 15) is 14.7 Å². The fourth-order valence-electron chi connectivity index (χ4n) is 2.69. The summed E-state index contributed by atoms with van der Waals surface area (Å²) in [6, 6.07) is -0.157. The van der Waals surface area contributed by atoms with Gasteiger partial charge in [-0.1, -0.05) is 26.2 Å². The summed E-state index contributed by atoms with van der Waals surface area (Å²) in [4.78, 5) is 22.3. The van der Waals surface area contributed by atoms with Crippen LogP contribution in [0.2, 0.25) is 0 Å². The molecule has 0 radical (unpaired) electrons. The number of carbonyl (C=O) groups is 2. The highest BCUT2D eigenvalue weighted by molar-refractivity contribution is 5.74. The SMILES string of the molecule is CCC1CCCC(NC(=O)NCC(C)(O)CC(=O)O)C1. The van der Waals surface area contributed by atoms with Crippen molar-refractivity contribution < 1.29 is 19.8 Å². The highest BCUT2D eigenvalue weighted by Gasteiger charge is 2.26. The third-order valence-electron chi connectivity index (χ3n) is 3.86. The van der Waals surface area contributed by atoms with E-state index in [2.05, 4.69) is 17.6 Å². The van der Waals surface area contributed by atoms with Crippen molar-refractivity contribution >= 4 is 12.0 Å². The van der Waals surface area contributed by atoms with Crippen LogP contribution in [-0.4, -0.2) is 40.4 Å². The Kier molecular flexibility index (Phi) is 6.26. The van der Waals surface area contributed by atoms with Crippen LogP contribution in [0.15, 0.2) is 0 Å². The van der Waals surface area contributed by atoms with Crippen LogP contribution in [-0.2, 0) is 4.79 Å². The Hall–Kier alpha value is -1.30. The minimum Gasteiger partial charge on any atom is -0.481 e. The number of carboxylic acid groups (broad SMARTS) is 1. The lowest BCUT2D eigenvalue weighted by Crippen LogP contribution is -2.49. The van der Waals surface area contributed by atoms with Gasteiger partial charge in [-0.15, -0.1) is 0 Å². The van der Waals surface area contributed by atoms with E-state index in [1.807, 2.05) is 0 Å². The quantitative estimate of drug-likeness (QED) is 0.594. The molecule has 6 heteroatoms. The minimum absolute atomic E-state index is 0.0743. The van der Waals surface area contributed by atoms with Gasteiger partial charge in [0.15, 0.2) is 0 Å². The fraction of sp³-hybridized carbons (Fsp3) is 0.857. The topological polar surface area (TPSA) is 98.7 Å². The zero-order chi connectivity index (χ0) is 15.2. The number of amides is 2. The van der Waals surface area contributed by atoms with Gasteiger partial charge in [0.05, 0.1) is 12.0 Å². The van der Waals surface area contributed by atoms with E-state index in [0.717, 1.165) is 25.7 Å². The maximum Gasteiger partial charge on any atom is 0.315 e. The van der Waals surface area contributed by atoms with Crippen molar-refractivity contribution in [2.45, 2.75) is 64.0 Å². The molecule has 0 aromatic carbocycles. The van der Waals surface area contributed by atoms with Crippen LogP contribution in [0.1, 0.15) is 52.4 Å². The largest absolute Gasteiger partial charge is 0.481 e. The summed E-state index contributed by atoms with van der Waals surface area (Å²) in [6.45, 7) is 3.49. The first-order chi connectivity index (χ1) is 9.32. The number of aliphatic hydroxyl groups is 1. The summed E-state index contributed by atoms with van der Waals surface area (Å²) in [5.74, 6) is -0.417. The Morgan fingerprint density at radius 3 is 2.65 bits per heavy atom. The number of aliphatic carboxylic acids is 1. The second kappa shape index (κ2) is 7.47. The van der Waals surface area contributed by atoms with Crippen molar-refractivity contribution in [3.63, 3.8) is 0 Å². The molecule has 2 amide bonds. The molecular formula is C14H26N2O4. The number of hydrogen-bond donors (Lipinski definition) is 4. The van der Waals surface area contributed by atoms with Gasteiger partial charge >= 0.3 is 12.0 Å². The smallest absolute Gasteiger partial charge is 0.315 e. The lowest BCUT2D eigenvalue weighted by atomic mass is 9.84. The molecule has 20 heavy (non-hydrogen) atoms. The highest BCUT2D eigenvalue weighted by Crippen LogP contribution is 2.26. The zero-order valence-corrected chi connectivity index (χ0v) is 12.3. The molecule has 3 unspecified atom stereocenters. The molecule has 116 valence electrons. The minimum atomic E-state index is -1.43. The summed E-state index contributed by atoms with van der Waals surface area (Å²) in [5, 5.41) is 23.9. The van der Waals surface area contributed by atoms with Crippen LogP contribution in [0, 0.1) is 5.92 Å². The fourth-order valence-corrected chi connectivity index (χ4v) is 2.69. The van der Waals surface area contributed by atoms with Crippen LogP contribution < -0.4 is 10.6 Å². The molecule has 0 aliphatic heterocycles. The normalized spacial score (nSPS) is 25.6. The van der Waals surface area contributed by atoms with Gasteiger partial charge in [-0.3, -0.25) is 4.79 Å². The number of carbonyl (C=O) groups excluding carboxylic acids is 1. The van der Waals surface area contributed by atoms with Crippen LogP contribution >= 0.6 is 0 Å². The number of nitrogens with one attached hydrogen (secondary N) is 2. The van der Waals surface area contributed by atoms with Crippen molar-refractivity contribution in [1.29, 1.82) is 0 Å². The van der Waals surface area contributed by atoms with Gasteiger partial charge in [0.1, 0.15) is 0 Å². The van der Waals surface area contributed by atoms with E-state index in [-0.39, 0.29) is 18.6 Å². The number of carboxylic acids is 1. The Bertz CT molecular complexity index is 344. The number of rotatable bonds is 6. The molecule has 0 heterocycles. The second-order valence-corrected chi connectivity index (χ2v) is 6.03. The molecule has 1 rings (SSSR count). The Morgan fingerprint density at radius 1 is 1.35 bits per heavy atom. The Balaban J connectivity index is 2.31. The molecule has 1 aliphatic carbocycles. The van der Waals surface area contributed by atoms with Crippen molar-refractivity contribution in [2.24, 2.45) is 5.92 Å². The molecule has 6 nitrogen and oxygen atoms in total. The summed E-state index contributed by atoms with van der Waals surface area (Å²) < 4.78 is 0. The average Bonchev–Trinajstić information content (AvgIpc) is 2.35. The van der Waals surface area contributed by atoms with E-state index in [1.165, 1.54) is 13.3 Å². The summed E-state index contributed by atoms with van der Waals surface area (Å²) >= 11 is 0. The predicted molar refractivity (Wildman–Crippen MR) is 75.4 cm³/mol. The summed E-state index contributed by atoms with van der Waals surface area (Å²) in [6.07, 6.45) is 5.07. The third kappa shape index (κ3) is 6.23. The van der Waals surface area contributed by atoms with E-state index in [1.54, 1.807) is 0 Å². The molecule has 0 aromatic heterocycles. The first kappa shape index (κ1) is 16.8. The first-order valence-corrected chi connectivity index (χ1v) is 7.31. The first-order valence-electron chi connectivity index (χ1n) is 7.31. The molecule has 0 aromatic rings. The lowest BCUT2D eigenvalue weighted by molar-refractivity contribution is -0.141. The Morgan fingerprint density at radius 2 is 2.05 bits per heavy atom. The maximum atomic E-state index is 11.8. The van der Waals surface area contributed by atoms with Gasteiger partial charge in [-0.25, -0.2) is 4.79 Å². The van der Waals surface area contributed by atoms with E-state index < -0.39 is 18.0 Å². The zero-order valence-electron chi connectivity index (χ0n) is 12.3. The molecule has 0 spiro atoms. The summed E-state index contributed by atoms with van der Waals surface area (Å²) in [7, 11) is 0. The van der Waals surface area contributed by atoms with Crippen LogP contribution in [0.4, 0.5) is 4.79 Å². The van der Waals surface area contributed by atoms with Gasteiger partial charge in [0.25, 0.3) is 0 Å². The van der Waals surface area contributed by atoms with Gasteiger partial charge < -0.3 is 20.8 Å².